The van der Waals surface area contributed by atoms with Gasteiger partial charge in [0.1, 0.15) is 5.75 Å². The van der Waals surface area contributed by atoms with Crippen LogP contribution in [0.1, 0.15) is 25.3 Å². The van der Waals surface area contributed by atoms with Crippen molar-refractivity contribution in [1.82, 2.24) is 0 Å². The summed E-state index contributed by atoms with van der Waals surface area (Å²) in [5.74, 6) is 0.808. The first-order valence-electron chi connectivity index (χ1n) is 5.35. The minimum atomic E-state index is 0.0300. The summed E-state index contributed by atoms with van der Waals surface area (Å²) >= 11 is 0. The monoisotopic (exact) mass is 205 g/mol. The summed E-state index contributed by atoms with van der Waals surface area (Å²) in [4.78, 5) is 11.3. The number of amides is 1. The Kier molecular flexibility index (Phi) is 2.90. The zero-order chi connectivity index (χ0) is 10.7. The number of carbonyl (C=O) groups is 1. The van der Waals surface area contributed by atoms with Crippen LogP contribution in [0.15, 0.2) is 18.2 Å². The first kappa shape index (κ1) is 10.0. The van der Waals surface area contributed by atoms with E-state index in [0.29, 0.717) is 13.0 Å². The molecule has 1 aromatic carbocycles. The molecule has 0 fully saturated rings. The van der Waals surface area contributed by atoms with Gasteiger partial charge in [0.15, 0.2) is 0 Å². The Morgan fingerprint density at radius 1 is 1.47 bits per heavy atom. The van der Waals surface area contributed by atoms with Crippen molar-refractivity contribution in [1.29, 1.82) is 0 Å². The van der Waals surface area contributed by atoms with Gasteiger partial charge < -0.3 is 10.1 Å². The number of hydrogen-bond acceptors (Lipinski definition) is 2. The van der Waals surface area contributed by atoms with Crippen LogP contribution in [-0.2, 0) is 11.2 Å². The van der Waals surface area contributed by atoms with Crippen LogP contribution in [0.4, 0.5) is 5.69 Å². The molecular formula is C12H15NO2. The van der Waals surface area contributed by atoms with E-state index < -0.39 is 0 Å². The molecule has 0 aromatic heterocycles. The molecule has 0 radical (unpaired) electrons. The van der Waals surface area contributed by atoms with E-state index in [4.69, 9.17) is 4.74 Å². The van der Waals surface area contributed by atoms with Gasteiger partial charge in [-0.25, -0.2) is 0 Å². The summed E-state index contributed by atoms with van der Waals surface area (Å²) in [6.45, 7) is 2.60. The third-order valence-corrected chi connectivity index (χ3v) is 2.44. The molecule has 1 aromatic rings. The number of benzene rings is 1. The van der Waals surface area contributed by atoms with Gasteiger partial charge in [-0.15, -0.1) is 0 Å². The van der Waals surface area contributed by atoms with Crippen LogP contribution < -0.4 is 10.1 Å². The molecule has 1 amide bonds. The van der Waals surface area contributed by atoms with Crippen molar-refractivity contribution in [2.75, 3.05) is 11.9 Å². The Morgan fingerprint density at radius 2 is 2.33 bits per heavy atom. The number of anilines is 1. The van der Waals surface area contributed by atoms with Crippen LogP contribution in [0, 0.1) is 0 Å². The molecule has 0 saturated heterocycles. The largest absolute Gasteiger partial charge is 0.491 e. The fourth-order valence-corrected chi connectivity index (χ4v) is 1.71. The predicted octanol–water partition coefficient (Wildman–Crippen LogP) is 2.36. The number of fused-ring (bicyclic) bond motifs is 1. The second kappa shape index (κ2) is 4.34. The van der Waals surface area contributed by atoms with Gasteiger partial charge in [-0.1, -0.05) is 19.4 Å². The Hall–Kier alpha value is -1.51. The number of rotatable bonds is 2. The Labute approximate surface area is 89.4 Å². The molecule has 0 bridgehead atoms. The van der Waals surface area contributed by atoms with Crippen molar-refractivity contribution >= 4 is 11.6 Å². The number of carbonyl (C=O) groups excluding carboxylic acids is 1. The summed E-state index contributed by atoms with van der Waals surface area (Å²) in [6.07, 6.45) is 2.56. The Bertz CT molecular complexity index is 374. The third kappa shape index (κ3) is 2.29. The Morgan fingerprint density at radius 3 is 3.13 bits per heavy atom. The maximum absolute atomic E-state index is 11.3. The van der Waals surface area contributed by atoms with Gasteiger partial charge in [0, 0.05) is 0 Å². The van der Waals surface area contributed by atoms with E-state index in [0.717, 1.165) is 24.3 Å². The minimum absolute atomic E-state index is 0.0300. The highest BCUT2D eigenvalue weighted by Gasteiger charge is 2.13. The van der Waals surface area contributed by atoms with Crippen molar-refractivity contribution in [3.05, 3.63) is 23.8 Å². The molecule has 15 heavy (non-hydrogen) atoms. The molecule has 0 atom stereocenters. The average molecular weight is 205 g/mol. The van der Waals surface area contributed by atoms with Gasteiger partial charge in [0.05, 0.1) is 18.7 Å². The molecule has 0 aliphatic carbocycles. The van der Waals surface area contributed by atoms with E-state index in [1.54, 1.807) is 0 Å². The lowest BCUT2D eigenvalue weighted by molar-refractivity contribution is -0.116. The number of hydrogen-bond donors (Lipinski definition) is 1. The van der Waals surface area contributed by atoms with E-state index in [1.165, 1.54) is 5.56 Å². The van der Waals surface area contributed by atoms with Gasteiger partial charge >= 0.3 is 0 Å². The number of aryl methyl sites for hydroxylation is 1. The van der Waals surface area contributed by atoms with E-state index in [9.17, 15) is 4.79 Å². The van der Waals surface area contributed by atoms with Crippen LogP contribution in [0.3, 0.4) is 0 Å². The number of nitrogens with one attached hydrogen (secondary N) is 1. The highest BCUT2D eigenvalue weighted by Crippen LogP contribution is 2.28. The number of ether oxygens (including phenoxy) is 1. The fourth-order valence-electron chi connectivity index (χ4n) is 1.71. The molecule has 0 unspecified atom stereocenters. The zero-order valence-electron chi connectivity index (χ0n) is 8.88. The third-order valence-electron chi connectivity index (χ3n) is 2.44. The van der Waals surface area contributed by atoms with Crippen LogP contribution in [0.2, 0.25) is 0 Å². The lowest BCUT2D eigenvalue weighted by Crippen LogP contribution is -2.10. The predicted molar refractivity (Wildman–Crippen MR) is 59.2 cm³/mol. The van der Waals surface area contributed by atoms with Gasteiger partial charge in [-0.2, -0.15) is 0 Å². The molecule has 3 heteroatoms. The molecule has 1 heterocycles. The molecule has 3 nitrogen and oxygen atoms in total. The fraction of sp³-hybridized carbons (Fsp3) is 0.417. The van der Waals surface area contributed by atoms with E-state index in [1.807, 2.05) is 12.1 Å². The van der Waals surface area contributed by atoms with Crippen molar-refractivity contribution in [2.45, 2.75) is 26.2 Å². The molecule has 0 spiro atoms. The molecule has 1 aliphatic heterocycles. The van der Waals surface area contributed by atoms with Crippen LogP contribution in [0.25, 0.3) is 0 Å². The summed E-state index contributed by atoms with van der Waals surface area (Å²) in [7, 11) is 0. The quantitative estimate of drug-likeness (QED) is 0.804. The van der Waals surface area contributed by atoms with Crippen molar-refractivity contribution in [2.24, 2.45) is 0 Å². The second-order valence-electron chi connectivity index (χ2n) is 3.73. The van der Waals surface area contributed by atoms with Crippen molar-refractivity contribution in [3.8, 4) is 5.75 Å². The average Bonchev–Trinajstić information content (AvgIpc) is 2.38. The van der Waals surface area contributed by atoms with Crippen molar-refractivity contribution in [3.63, 3.8) is 0 Å². The second-order valence-corrected chi connectivity index (χ2v) is 3.73. The maximum Gasteiger partial charge on any atom is 0.227 e. The molecule has 1 N–H and O–H groups in total. The lowest BCUT2D eigenvalue weighted by Gasteiger charge is -2.08. The first-order chi connectivity index (χ1) is 7.29. The highest BCUT2D eigenvalue weighted by molar-refractivity contribution is 5.93. The highest BCUT2D eigenvalue weighted by atomic mass is 16.5. The van der Waals surface area contributed by atoms with E-state index in [2.05, 4.69) is 18.3 Å². The molecule has 80 valence electrons. The van der Waals surface area contributed by atoms with Gasteiger partial charge in [0.25, 0.3) is 0 Å². The summed E-state index contributed by atoms with van der Waals surface area (Å²) < 4.78 is 5.47. The first-order valence-corrected chi connectivity index (χ1v) is 5.35. The van der Waals surface area contributed by atoms with Gasteiger partial charge in [-0.05, 0) is 24.1 Å². The van der Waals surface area contributed by atoms with Crippen LogP contribution in [-0.4, -0.2) is 12.5 Å². The van der Waals surface area contributed by atoms with Gasteiger partial charge in [-0.3, -0.25) is 4.79 Å². The molecule has 1 aliphatic rings. The standard InChI is InChI=1S/C12H15NO2/c1-2-3-9-4-5-11-10(8-9)13-12(14)6-7-15-11/h4-5,8H,2-3,6-7H2,1H3,(H,13,14). The normalized spacial score (nSPS) is 14.9. The Balaban J connectivity index is 2.28. The van der Waals surface area contributed by atoms with E-state index >= 15 is 0 Å². The van der Waals surface area contributed by atoms with Crippen LogP contribution >= 0.6 is 0 Å². The SMILES string of the molecule is CCCc1ccc2c(c1)NC(=O)CCO2. The molecule has 2 rings (SSSR count). The molecular weight excluding hydrogens is 190 g/mol. The minimum Gasteiger partial charge on any atom is -0.491 e. The zero-order valence-corrected chi connectivity index (χ0v) is 8.88. The smallest absolute Gasteiger partial charge is 0.227 e. The lowest BCUT2D eigenvalue weighted by atomic mass is 10.1. The maximum atomic E-state index is 11.3. The van der Waals surface area contributed by atoms with Crippen molar-refractivity contribution < 1.29 is 9.53 Å². The van der Waals surface area contributed by atoms with Crippen LogP contribution in [0.5, 0.6) is 5.75 Å². The topological polar surface area (TPSA) is 38.3 Å². The van der Waals surface area contributed by atoms with E-state index in [-0.39, 0.29) is 5.91 Å². The van der Waals surface area contributed by atoms with Gasteiger partial charge in [0.2, 0.25) is 5.91 Å². The molecule has 0 saturated carbocycles. The summed E-state index contributed by atoms with van der Waals surface area (Å²) in [5, 5.41) is 2.86. The summed E-state index contributed by atoms with van der Waals surface area (Å²) in [5.41, 5.74) is 2.05. The summed E-state index contributed by atoms with van der Waals surface area (Å²) in [6, 6.07) is 5.99.